The largest absolute Gasteiger partial charge is 0.326 e. The van der Waals surface area contributed by atoms with E-state index in [0.29, 0.717) is 5.92 Å². The molecule has 1 heterocycles. The molecule has 1 aromatic rings. The Morgan fingerprint density at radius 3 is 2.17 bits per heavy atom. The van der Waals surface area contributed by atoms with Crippen molar-refractivity contribution in [3.8, 4) is 0 Å². The highest BCUT2D eigenvalue weighted by atomic mass is 15.4. The summed E-state index contributed by atoms with van der Waals surface area (Å²) in [5, 5.41) is 0. The summed E-state index contributed by atoms with van der Waals surface area (Å²) in [7, 11) is 0. The van der Waals surface area contributed by atoms with Gasteiger partial charge in [-0.25, -0.2) is 0 Å². The van der Waals surface area contributed by atoms with Crippen LogP contribution >= 0.6 is 0 Å². The van der Waals surface area contributed by atoms with E-state index in [-0.39, 0.29) is 0 Å². The summed E-state index contributed by atoms with van der Waals surface area (Å²) in [6.45, 7) is 9.67. The van der Waals surface area contributed by atoms with Crippen LogP contribution in [0.4, 0.5) is 0 Å². The third-order valence-corrected chi connectivity index (χ3v) is 1.93. The van der Waals surface area contributed by atoms with Crippen LogP contribution < -0.4 is 5.43 Å². The van der Waals surface area contributed by atoms with Gasteiger partial charge in [-0.2, -0.15) is 0 Å². The second-order valence-corrected chi connectivity index (χ2v) is 3.71. The molecule has 0 saturated heterocycles. The zero-order valence-corrected chi connectivity index (χ0v) is 8.39. The minimum atomic E-state index is 0.686. The Labute approximate surface area is 74.6 Å². The van der Waals surface area contributed by atoms with Crippen LogP contribution in [0.1, 0.15) is 25.2 Å². The van der Waals surface area contributed by atoms with E-state index in [1.165, 1.54) is 11.4 Å². The molecule has 0 spiro atoms. The Hall–Kier alpha value is -0.920. The number of nitrogens with zero attached hydrogens (tertiary/aromatic N) is 1. The van der Waals surface area contributed by atoms with E-state index < -0.39 is 0 Å². The summed E-state index contributed by atoms with van der Waals surface area (Å²) in [6, 6.07) is 4.26. The molecule has 1 aromatic heterocycles. The van der Waals surface area contributed by atoms with Crippen LogP contribution in [0.25, 0.3) is 0 Å². The molecule has 12 heavy (non-hydrogen) atoms. The number of rotatable bonds is 3. The lowest BCUT2D eigenvalue weighted by Crippen LogP contribution is -2.21. The van der Waals surface area contributed by atoms with Crippen molar-refractivity contribution in [3.05, 3.63) is 23.5 Å². The van der Waals surface area contributed by atoms with Gasteiger partial charge in [-0.1, -0.05) is 13.8 Å². The normalized spacial score (nSPS) is 10.8. The van der Waals surface area contributed by atoms with Gasteiger partial charge in [-0.05, 0) is 31.9 Å². The molecule has 1 rings (SSSR count). The van der Waals surface area contributed by atoms with Crippen molar-refractivity contribution < 1.29 is 0 Å². The molecule has 2 heteroatoms. The third-order valence-electron chi connectivity index (χ3n) is 1.93. The first-order chi connectivity index (χ1) is 5.61. The molecule has 0 amide bonds. The first-order valence-electron chi connectivity index (χ1n) is 4.50. The van der Waals surface area contributed by atoms with Crippen molar-refractivity contribution in [2.75, 3.05) is 12.0 Å². The highest BCUT2D eigenvalue weighted by Crippen LogP contribution is 2.04. The van der Waals surface area contributed by atoms with Crippen molar-refractivity contribution in [1.29, 1.82) is 0 Å². The minimum Gasteiger partial charge on any atom is -0.326 e. The van der Waals surface area contributed by atoms with Crippen LogP contribution in [0, 0.1) is 19.8 Å². The maximum Gasteiger partial charge on any atom is 0.0366 e. The van der Waals surface area contributed by atoms with E-state index in [1.807, 2.05) is 0 Å². The molecular weight excluding hydrogens is 148 g/mol. The Morgan fingerprint density at radius 2 is 1.75 bits per heavy atom. The summed E-state index contributed by atoms with van der Waals surface area (Å²) in [5.74, 6) is 0.686. The minimum absolute atomic E-state index is 0.686. The van der Waals surface area contributed by atoms with Crippen LogP contribution in [0.15, 0.2) is 12.1 Å². The van der Waals surface area contributed by atoms with E-state index >= 15 is 0 Å². The van der Waals surface area contributed by atoms with E-state index in [9.17, 15) is 0 Å². The number of aromatic nitrogens is 1. The van der Waals surface area contributed by atoms with Crippen LogP contribution in [-0.2, 0) is 0 Å². The number of hydrogen-bond donors (Lipinski definition) is 1. The lowest BCUT2D eigenvalue weighted by molar-refractivity contribution is 0.632. The van der Waals surface area contributed by atoms with Crippen molar-refractivity contribution >= 4 is 0 Å². The van der Waals surface area contributed by atoms with Crippen LogP contribution in [0.3, 0.4) is 0 Å². The average Bonchev–Trinajstić information content (AvgIpc) is 2.28. The van der Waals surface area contributed by atoms with Gasteiger partial charge in [0.1, 0.15) is 0 Å². The first kappa shape index (κ1) is 9.17. The fourth-order valence-corrected chi connectivity index (χ4v) is 1.19. The van der Waals surface area contributed by atoms with Gasteiger partial charge in [0.15, 0.2) is 0 Å². The molecule has 0 aromatic carbocycles. The van der Waals surface area contributed by atoms with Crippen LogP contribution in [0.5, 0.6) is 0 Å². The Kier molecular flexibility index (Phi) is 2.79. The number of nitrogens with one attached hydrogen (secondary N) is 1. The molecule has 0 bridgehead atoms. The van der Waals surface area contributed by atoms with E-state index in [2.05, 4.69) is 49.9 Å². The SMILES string of the molecule is Cc1ccc(C)n1NCC(C)C. The van der Waals surface area contributed by atoms with Crippen molar-refractivity contribution in [2.24, 2.45) is 5.92 Å². The zero-order chi connectivity index (χ0) is 9.14. The average molecular weight is 166 g/mol. The summed E-state index contributed by atoms with van der Waals surface area (Å²) in [5.41, 5.74) is 5.92. The predicted molar refractivity (Wildman–Crippen MR) is 53.0 cm³/mol. The van der Waals surface area contributed by atoms with Gasteiger partial charge in [0.25, 0.3) is 0 Å². The Morgan fingerprint density at radius 1 is 1.25 bits per heavy atom. The van der Waals surface area contributed by atoms with Crippen LogP contribution in [0.2, 0.25) is 0 Å². The highest BCUT2D eigenvalue weighted by molar-refractivity contribution is 5.15. The quantitative estimate of drug-likeness (QED) is 0.729. The smallest absolute Gasteiger partial charge is 0.0366 e. The molecule has 2 nitrogen and oxygen atoms in total. The summed E-state index contributed by atoms with van der Waals surface area (Å²) in [6.07, 6.45) is 0. The first-order valence-corrected chi connectivity index (χ1v) is 4.50. The molecular formula is C10H18N2. The molecule has 0 fully saturated rings. The standard InChI is InChI=1S/C10H18N2/c1-8(2)7-11-12-9(3)5-6-10(12)4/h5-6,8,11H,7H2,1-4H3. The van der Waals surface area contributed by atoms with Gasteiger partial charge in [0.2, 0.25) is 0 Å². The van der Waals surface area contributed by atoms with Crippen molar-refractivity contribution in [3.63, 3.8) is 0 Å². The van der Waals surface area contributed by atoms with Gasteiger partial charge in [0, 0.05) is 17.9 Å². The molecule has 1 N–H and O–H groups in total. The molecule has 0 atom stereocenters. The summed E-state index contributed by atoms with van der Waals surface area (Å²) >= 11 is 0. The molecule has 0 radical (unpaired) electrons. The monoisotopic (exact) mass is 166 g/mol. The molecule has 0 unspecified atom stereocenters. The van der Waals surface area contributed by atoms with E-state index in [1.54, 1.807) is 0 Å². The van der Waals surface area contributed by atoms with Gasteiger partial charge in [-0.3, -0.25) is 4.68 Å². The lowest BCUT2D eigenvalue weighted by Gasteiger charge is -2.14. The van der Waals surface area contributed by atoms with Gasteiger partial charge < -0.3 is 5.43 Å². The molecule has 0 saturated carbocycles. The van der Waals surface area contributed by atoms with Gasteiger partial charge >= 0.3 is 0 Å². The highest BCUT2D eigenvalue weighted by Gasteiger charge is 1.99. The van der Waals surface area contributed by atoms with Crippen LogP contribution in [-0.4, -0.2) is 11.2 Å². The van der Waals surface area contributed by atoms with E-state index in [0.717, 1.165) is 6.54 Å². The summed E-state index contributed by atoms with van der Waals surface area (Å²) < 4.78 is 2.14. The fourth-order valence-electron chi connectivity index (χ4n) is 1.19. The summed E-state index contributed by atoms with van der Waals surface area (Å²) in [4.78, 5) is 0. The second-order valence-electron chi connectivity index (χ2n) is 3.71. The number of hydrogen-bond acceptors (Lipinski definition) is 1. The molecule has 0 aliphatic carbocycles. The fraction of sp³-hybridized carbons (Fsp3) is 0.600. The van der Waals surface area contributed by atoms with E-state index in [4.69, 9.17) is 0 Å². The zero-order valence-electron chi connectivity index (χ0n) is 8.39. The third kappa shape index (κ3) is 2.03. The Bertz CT molecular complexity index is 229. The maximum atomic E-state index is 3.38. The topological polar surface area (TPSA) is 17.0 Å². The predicted octanol–water partition coefficient (Wildman–Crippen LogP) is 2.30. The van der Waals surface area contributed by atoms with Crippen molar-refractivity contribution in [1.82, 2.24) is 4.68 Å². The number of aryl methyl sites for hydroxylation is 2. The lowest BCUT2D eigenvalue weighted by atomic mass is 10.2. The maximum absolute atomic E-state index is 3.38. The van der Waals surface area contributed by atoms with Gasteiger partial charge in [0.05, 0.1) is 0 Å². The molecule has 0 aliphatic rings. The van der Waals surface area contributed by atoms with Crippen molar-refractivity contribution in [2.45, 2.75) is 27.7 Å². The van der Waals surface area contributed by atoms with Gasteiger partial charge in [-0.15, -0.1) is 0 Å². The molecule has 0 aliphatic heterocycles. The Balaban J connectivity index is 2.62. The molecule has 68 valence electrons. The second kappa shape index (κ2) is 3.65.